The summed E-state index contributed by atoms with van der Waals surface area (Å²) in [4.78, 5) is 45.1. The molecule has 2 unspecified atom stereocenters. The van der Waals surface area contributed by atoms with Crippen molar-refractivity contribution < 1.29 is 24.2 Å². The molecule has 2 bridgehead atoms. The molecule has 5 atom stereocenters. The van der Waals surface area contributed by atoms with Crippen LogP contribution in [-0.2, 0) is 19.1 Å². The Balaban J connectivity index is 1.64. The lowest BCUT2D eigenvalue weighted by Crippen LogP contribution is -2.57. The molecule has 35 heavy (non-hydrogen) atoms. The minimum absolute atomic E-state index is 0.0412. The van der Waals surface area contributed by atoms with Crippen molar-refractivity contribution in [2.24, 2.45) is 11.8 Å². The normalized spacial score (nSPS) is 32.1. The van der Waals surface area contributed by atoms with Crippen LogP contribution in [0, 0.1) is 11.8 Å². The minimum Gasteiger partial charge on any atom is -0.466 e. The number of carbonyl (C=O) groups is 3. The third-order valence-corrected chi connectivity index (χ3v) is 10.5. The molecule has 1 saturated carbocycles. The topological polar surface area (TPSA) is 87.2 Å². The molecule has 3 aliphatic heterocycles. The number of nitrogens with zero attached hydrogens (tertiary/aromatic N) is 2. The summed E-state index contributed by atoms with van der Waals surface area (Å²) in [6.45, 7) is 7.21. The Morgan fingerprint density at radius 2 is 1.94 bits per heavy atom. The molecule has 0 aromatic rings. The predicted molar refractivity (Wildman–Crippen MR) is 137 cm³/mol. The Bertz CT molecular complexity index is 800. The molecule has 8 heteroatoms. The summed E-state index contributed by atoms with van der Waals surface area (Å²) in [5.41, 5.74) is 0. The van der Waals surface area contributed by atoms with Crippen LogP contribution in [0.5, 0.6) is 0 Å². The van der Waals surface area contributed by atoms with Gasteiger partial charge in [0.1, 0.15) is 6.04 Å². The first-order valence-electron chi connectivity index (χ1n) is 13.7. The average Bonchev–Trinajstić information content (AvgIpc) is 3.50. The number of thioether (sulfide) groups is 1. The van der Waals surface area contributed by atoms with Gasteiger partial charge in [0.25, 0.3) is 0 Å². The van der Waals surface area contributed by atoms with E-state index in [2.05, 4.69) is 6.58 Å². The molecular weight excluding hydrogens is 464 g/mol. The van der Waals surface area contributed by atoms with E-state index in [4.69, 9.17) is 9.84 Å². The summed E-state index contributed by atoms with van der Waals surface area (Å²) in [6, 6.07) is -0.343. The van der Waals surface area contributed by atoms with Gasteiger partial charge in [-0.2, -0.15) is 0 Å². The van der Waals surface area contributed by atoms with Crippen molar-refractivity contribution in [2.75, 3.05) is 26.3 Å². The van der Waals surface area contributed by atoms with Gasteiger partial charge in [-0.1, -0.05) is 38.2 Å². The Labute approximate surface area is 214 Å². The van der Waals surface area contributed by atoms with Crippen molar-refractivity contribution in [3.05, 3.63) is 12.7 Å². The molecular formula is C27H42N2O5S. The third kappa shape index (κ3) is 4.89. The largest absolute Gasteiger partial charge is 0.466 e. The van der Waals surface area contributed by atoms with Gasteiger partial charge in [0.15, 0.2) is 0 Å². The van der Waals surface area contributed by atoms with E-state index < -0.39 is 22.6 Å². The van der Waals surface area contributed by atoms with E-state index >= 15 is 0 Å². The molecule has 3 saturated heterocycles. The van der Waals surface area contributed by atoms with Crippen LogP contribution < -0.4 is 0 Å². The first kappa shape index (κ1) is 26.5. The number of amides is 2. The van der Waals surface area contributed by atoms with E-state index in [1.165, 1.54) is 6.42 Å². The monoisotopic (exact) mass is 506 g/mol. The lowest BCUT2D eigenvalue weighted by atomic mass is 9.71. The molecule has 1 N–H and O–H groups in total. The fourth-order valence-electron chi connectivity index (χ4n) is 7.03. The number of aliphatic hydroxyl groups excluding tert-OH is 1. The molecule has 0 aromatic heterocycles. The molecule has 7 nitrogen and oxygen atoms in total. The third-order valence-electron chi connectivity index (χ3n) is 8.52. The van der Waals surface area contributed by atoms with E-state index in [1.54, 1.807) is 24.8 Å². The van der Waals surface area contributed by atoms with E-state index in [1.807, 2.05) is 9.80 Å². The van der Waals surface area contributed by atoms with Crippen LogP contribution in [0.1, 0.15) is 77.6 Å². The highest BCUT2D eigenvalue weighted by Gasteiger charge is 2.74. The van der Waals surface area contributed by atoms with Gasteiger partial charge in [0.2, 0.25) is 11.8 Å². The molecule has 4 fully saturated rings. The van der Waals surface area contributed by atoms with Crippen LogP contribution in [-0.4, -0.2) is 81.1 Å². The highest BCUT2D eigenvalue weighted by atomic mass is 32.2. The number of fused-ring (bicyclic) bond motifs is 1. The van der Waals surface area contributed by atoms with Gasteiger partial charge in [-0.05, 0) is 45.4 Å². The average molecular weight is 507 g/mol. The summed E-state index contributed by atoms with van der Waals surface area (Å²) in [5.74, 6) is -1.22. The summed E-state index contributed by atoms with van der Waals surface area (Å²) in [7, 11) is 0. The van der Waals surface area contributed by atoms with E-state index in [0.717, 1.165) is 64.2 Å². The second-order valence-corrected chi connectivity index (χ2v) is 12.1. The number of carbonyl (C=O) groups excluding carboxylic acids is 3. The van der Waals surface area contributed by atoms with Gasteiger partial charge >= 0.3 is 5.97 Å². The van der Waals surface area contributed by atoms with Crippen LogP contribution >= 0.6 is 11.8 Å². The standard InChI is InChI=1S/C27H42N2O5S/c1-3-16-28(19-12-8-7-9-13-19)25(32)23-27-15-14-20(35-27)21(26(33)34-4-2)22(27)24(31)29(23)17-10-5-6-11-18-30/h3,19-23,30H,1,4-18H2,2H3/t20-,21+,22-,23?,27?/m0/s1. The van der Waals surface area contributed by atoms with Gasteiger partial charge in [-0.3, -0.25) is 14.4 Å². The molecule has 1 aliphatic carbocycles. The molecule has 0 radical (unpaired) electrons. The maximum Gasteiger partial charge on any atom is 0.310 e. The van der Waals surface area contributed by atoms with Crippen molar-refractivity contribution in [1.82, 2.24) is 9.80 Å². The molecule has 4 aliphatic rings. The van der Waals surface area contributed by atoms with Crippen molar-refractivity contribution in [2.45, 2.75) is 99.6 Å². The number of aliphatic hydroxyl groups is 1. The van der Waals surface area contributed by atoms with Crippen LogP contribution in [0.3, 0.4) is 0 Å². The number of hydrogen-bond donors (Lipinski definition) is 1. The fraction of sp³-hybridized carbons (Fsp3) is 0.815. The van der Waals surface area contributed by atoms with Gasteiger partial charge < -0.3 is 19.6 Å². The van der Waals surface area contributed by atoms with Crippen LogP contribution in [0.25, 0.3) is 0 Å². The summed E-state index contributed by atoms with van der Waals surface area (Å²) in [6.07, 6.45) is 12.2. The number of likely N-dealkylation sites (tertiary alicyclic amines) is 1. The molecule has 2 amide bonds. The van der Waals surface area contributed by atoms with Crippen LogP contribution in [0.4, 0.5) is 0 Å². The van der Waals surface area contributed by atoms with Crippen molar-refractivity contribution >= 4 is 29.5 Å². The SMILES string of the molecule is C=CCN(C(=O)C1N(CCCCCCO)C(=O)[C@@H]2[C@H](C(=O)OCC)[C@@H]3CCC12S3)C1CCCCC1. The number of esters is 1. The Hall–Kier alpha value is -1.54. The number of unbranched alkanes of at least 4 members (excludes halogenated alkanes) is 3. The number of rotatable bonds is 12. The predicted octanol–water partition coefficient (Wildman–Crippen LogP) is 3.54. The maximum absolute atomic E-state index is 14.4. The molecule has 0 aromatic carbocycles. The van der Waals surface area contributed by atoms with Gasteiger partial charge in [0.05, 0.1) is 23.2 Å². The van der Waals surface area contributed by atoms with Crippen LogP contribution in [0.2, 0.25) is 0 Å². The quantitative estimate of drug-likeness (QED) is 0.248. The minimum atomic E-state index is -0.546. The zero-order valence-corrected chi connectivity index (χ0v) is 22.0. The highest BCUT2D eigenvalue weighted by molar-refractivity contribution is 8.02. The van der Waals surface area contributed by atoms with E-state index in [0.29, 0.717) is 19.7 Å². The molecule has 1 spiro atoms. The lowest BCUT2D eigenvalue weighted by molar-refractivity contribution is -0.153. The zero-order chi connectivity index (χ0) is 25.0. The summed E-state index contributed by atoms with van der Waals surface area (Å²) >= 11 is 1.72. The summed E-state index contributed by atoms with van der Waals surface area (Å²) in [5, 5.41) is 9.15. The van der Waals surface area contributed by atoms with Gasteiger partial charge in [-0.25, -0.2) is 0 Å². The van der Waals surface area contributed by atoms with E-state index in [-0.39, 0.29) is 35.7 Å². The lowest BCUT2D eigenvalue weighted by Gasteiger charge is -2.41. The van der Waals surface area contributed by atoms with Crippen molar-refractivity contribution in [3.8, 4) is 0 Å². The second kappa shape index (κ2) is 11.7. The molecule has 3 heterocycles. The van der Waals surface area contributed by atoms with Crippen LogP contribution in [0.15, 0.2) is 12.7 Å². The fourth-order valence-corrected chi connectivity index (χ4v) is 9.24. The zero-order valence-electron chi connectivity index (χ0n) is 21.2. The first-order valence-corrected chi connectivity index (χ1v) is 14.5. The Kier molecular flexibility index (Phi) is 8.85. The summed E-state index contributed by atoms with van der Waals surface area (Å²) < 4.78 is 4.87. The second-order valence-electron chi connectivity index (χ2n) is 10.5. The first-order chi connectivity index (χ1) is 17.0. The number of ether oxygens (including phenoxy) is 1. The smallest absolute Gasteiger partial charge is 0.310 e. The Morgan fingerprint density at radius 3 is 2.63 bits per heavy atom. The van der Waals surface area contributed by atoms with E-state index in [9.17, 15) is 14.4 Å². The number of hydrogen-bond acceptors (Lipinski definition) is 6. The van der Waals surface area contributed by atoms with Crippen molar-refractivity contribution in [1.29, 1.82) is 0 Å². The molecule has 4 rings (SSSR count). The maximum atomic E-state index is 14.4. The van der Waals surface area contributed by atoms with Gasteiger partial charge in [-0.15, -0.1) is 18.3 Å². The van der Waals surface area contributed by atoms with Gasteiger partial charge in [0, 0.05) is 31.0 Å². The van der Waals surface area contributed by atoms with Crippen molar-refractivity contribution in [3.63, 3.8) is 0 Å². The Morgan fingerprint density at radius 1 is 1.20 bits per heavy atom. The highest BCUT2D eigenvalue weighted by Crippen LogP contribution is 2.66. The molecule has 196 valence electrons.